The first kappa shape index (κ1) is 23.6. The van der Waals surface area contributed by atoms with Crippen molar-refractivity contribution in [3.8, 4) is 17.1 Å². The largest absolute Gasteiger partial charge is 0.573 e. The Labute approximate surface area is 204 Å². The van der Waals surface area contributed by atoms with Gasteiger partial charge in [0.2, 0.25) is 0 Å². The van der Waals surface area contributed by atoms with Crippen molar-refractivity contribution >= 4 is 22.5 Å². The second-order valence-electron chi connectivity index (χ2n) is 8.56. The number of carbonyl (C=O) groups is 1. The molecule has 0 atom stereocenters. The third kappa shape index (κ3) is 4.95. The maximum absolute atomic E-state index is 12.6. The number of nitrogens with one attached hydrogen (secondary N) is 1. The van der Waals surface area contributed by atoms with Crippen LogP contribution in [0.15, 0.2) is 60.8 Å². The van der Waals surface area contributed by atoms with E-state index in [1.807, 2.05) is 37.4 Å². The van der Waals surface area contributed by atoms with Gasteiger partial charge in [0.15, 0.2) is 5.82 Å². The number of alkyl halides is 3. The van der Waals surface area contributed by atoms with E-state index < -0.39 is 6.36 Å². The fourth-order valence-electron chi connectivity index (χ4n) is 4.43. The van der Waals surface area contributed by atoms with E-state index in [0.717, 1.165) is 40.1 Å². The molecule has 1 aliphatic heterocycles. The van der Waals surface area contributed by atoms with Crippen molar-refractivity contribution in [1.82, 2.24) is 25.3 Å². The van der Waals surface area contributed by atoms with Gasteiger partial charge < -0.3 is 15.0 Å². The van der Waals surface area contributed by atoms with Gasteiger partial charge in [0.1, 0.15) is 11.4 Å². The molecular weight excluding hydrogens is 473 g/mol. The van der Waals surface area contributed by atoms with E-state index in [-0.39, 0.29) is 23.3 Å². The molecule has 0 saturated carbocycles. The predicted molar refractivity (Wildman–Crippen MR) is 128 cm³/mol. The molecule has 1 aliphatic rings. The summed E-state index contributed by atoms with van der Waals surface area (Å²) in [6, 6.07) is 14.7. The summed E-state index contributed by atoms with van der Waals surface area (Å²) in [5, 5.41) is 18.3. The highest BCUT2D eigenvalue weighted by Gasteiger charge is 2.31. The Kier molecular flexibility index (Phi) is 6.21. The van der Waals surface area contributed by atoms with E-state index in [2.05, 4.69) is 30.2 Å². The Bertz CT molecular complexity index is 1380. The molecule has 186 valence electrons. The number of amides is 1. The molecule has 4 aromatic rings. The first-order valence-electron chi connectivity index (χ1n) is 11.4. The molecule has 2 aromatic heterocycles. The third-order valence-electron chi connectivity index (χ3n) is 6.21. The van der Waals surface area contributed by atoms with Gasteiger partial charge in [-0.25, -0.2) is 0 Å². The molecular formula is C25H23F3N6O2. The lowest BCUT2D eigenvalue weighted by atomic mass is 10.0. The van der Waals surface area contributed by atoms with Crippen LogP contribution in [-0.2, 0) is 7.05 Å². The van der Waals surface area contributed by atoms with Crippen LogP contribution in [0.25, 0.3) is 22.2 Å². The first-order chi connectivity index (χ1) is 17.3. The third-order valence-corrected chi connectivity index (χ3v) is 6.21. The minimum atomic E-state index is -4.77. The summed E-state index contributed by atoms with van der Waals surface area (Å²) in [5.41, 5.74) is 1.92. The first-order valence-corrected chi connectivity index (χ1v) is 11.4. The van der Waals surface area contributed by atoms with E-state index in [9.17, 15) is 18.0 Å². The van der Waals surface area contributed by atoms with Crippen LogP contribution >= 0.6 is 0 Å². The monoisotopic (exact) mass is 496 g/mol. The second kappa shape index (κ2) is 9.48. The molecule has 0 spiro atoms. The van der Waals surface area contributed by atoms with Crippen LogP contribution < -0.4 is 15.0 Å². The Morgan fingerprint density at radius 2 is 1.69 bits per heavy atom. The number of hydrogen-bond donors (Lipinski definition) is 1. The predicted octanol–water partition coefficient (Wildman–Crippen LogP) is 4.33. The summed E-state index contributed by atoms with van der Waals surface area (Å²) in [7, 11) is 1.86. The van der Waals surface area contributed by atoms with Gasteiger partial charge in [-0.2, -0.15) is 5.10 Å². The minimum Gasteiger partial charge on any atom is -0.406 e. The minimum absolute atomic E-state index is 0.0622. The molecule has 1 saturated heterocycles. The lowest BCUT2D eigenvalue weighted by Gasteiger charge is -2.33. The van der Waals surface area contributed by atoms with Gasteiger partial charge in [-0.3, -0.25) is 9.48 Å². The molecule has 1 amide bonds. The standard InChI is InChI=1S/C25H23F3N6O2/c1-33-21(10-13-29-33)22-19-4-2-3-5-20(19)23(32-31-22)34-14-11-17(12-15-34)30-24(35)16-6-8-18(9-7-16)36-25(26,27)28/h2-10,13,17H,11-12,14-15H2,1H3,(H,30,35). The summed E-state index contributed by atoms with van der Waals surface area (Å²) < 4.78 is 42.6. The van der Waals surface area contributed by atoms with Gasteiger partial charge in [0.05, 0.1) is 5.69 Å². The van der Waals surface area contributed by atoms with Gasteiger partial charge in [-0.1, -0.05) is 24.3 Å². The maximum atomic E-state index is 12.6. The van der Waals surface area contributed by atoms with Crippen molar-refractivity contribution in [2.45, 2.75) is 25.2 Å². The average molecular weight is 496 g/mol. The van der Waals surface area contributed by atoms with Crippen molar-refractivity contribution in [1.29, 1.82) is 0 Å². The van der Waals surface area contributed by atoms with Crippen molar-refractivity contribution in [2.24, 2.45) is 7.05 Å². The highest BCUT2D eigenvalue weighted by atomic mass is 19.4. The number of anilines is 1. The van der Waals surface area contributed by atoms with Crippen molar-refractivity contribution in [3.05, 3.63) is 66.4 Å². The second-order valence-corrected chi connectivity index (χ2v) is 8.56. The topological polar surface area (TPSA) is 85.2 Å². The van der Waals surface area contributed by atoms with Gasteiger partial charge in [0.25, 0.3) is 5.91 Å². The Morgan fingerprint density at radius 3 is 2.33 bits per heavy atom. The number of halogens is 3. The van der Waals surface area contributed by atoms with E-state index in [0.29, 0.717) is 25.9 Å². The Hall–Kier alpha value is -4.15. The number of aryl methyl sites for hydroxylation is 1. The number of aromatic nitrogens is 4. The number of benzene rings is 2. The molecule has 1 N–H and O–H groups in total. The maximum Gasteiger partial charge on any atom is 0.573 e. The fraction of sp³-hybridized carbons (Fsp3) is 0.280. The Morgan fingerprint density at radius 1 is 1.00 bits per heavy atom. The van der Waals surface area contributed by atoms with Crippen LogP contribution in [0.5, 0.6) is 5.75 Å². The molecule has 1 fully saturated rings. The van der Waals surface area contributed by atoms with Crippen LogP contribution in [0, 0.1) is 0 Å². The lowest BCUT2D eigenvalue weighted by molar-refractivity contribution is -0.274. The summed E-state index contributed by atoms with van der Waals surface area (Å²) in [6.07, 6.45) is -1.66. The molecule has 0 aliphatic carbocycles. The van der Waals surface area contributed by atoms with E-state index in [1.54, 1.807) is 10.9 Å². The van der Waals surface area contributed by atoms with Crippen molar-refractivity contribution in [3.63, 3.8) is 0 Å². The number of ether oxygens (including phenoxy) is 1. The number of fused-ring (bicyclic) bond motifs is 1. The zero-order valence-electron chi connectivity index (χ0n) is 19.4. The molecule has 5 rings (SSSR count). The molecule has 0 bridgehead atoms. The van der Waals surface area contributed by atoms with Crippen molar-refractivity contribution < 1.29 is 22.7 Å². The molecule has 3 heterocycles. The summed E-state index contributed by atoms with van der Waals surface area (Å²) in [5.74, 6) is 0.0921. The molecule has 0 unspecified atom stereocenters. The highest BCUT2D eigenvalue weighted by molar-refractivity contribution is 6.00. The van der Waals surface area contributed by atoms with E-state index >= 15 is 0 Å². The smallest absolute Gasteiger partial charge is 0.406 e. The molecule has 0 radical (unpaired) electrons. The number of piperidine rings is 1. The number of nitrogens with zero attached hydrogens (tertiary/aromatic N) is 5. The van der Waals surface area contributed by atoms with Crippen LogP contribution in [0.3, 0.4) is 0 Å². The number of rotatable bonds is 5. The van der Waals surface area contributed by atoms with E-state index in [1.165, 1.54) is 12.1 Å². The highest BCUT2D eigenvalue weighted by Crippen LogP contribution is 2.32. The zero-order chi connectivity index (χ0) is 25.3. The summed E-state index contributed by atoms with van der Waals surface area (Å²) in [4.78, 5) is 14.8. The summed E-state index contributed by atoms with van der Waals surface area (Å²) in [6.45, 7) is 1.35. The number of carbonyl (C=O) groups excluding carboxylic acids is 1. The van der Waals surface area contributed by atoms with Crippen molar-refractivity contribution in [2.75, 3.05) is 18.0 Å². The SMILES string of the molecule is Cn1nccc1-c1nnc(N2CCC(NC(=O)c3ccc(OC(F)(F)F)cc3)CC2)c2ccccc12. The van der Waals surface area contributed by atoms with Crippen LogP contribution in [-0.4, -0.2) is 51.4 Å². The van der Waals surface area contributed by atoms with Gasteiger partial charge in [-0.05, 0) is 43.2 Å². The fourth-order valence-corrected chi connectivity index (χ4v) is 4.43. The van der Waals surface area contributed by atoms with Crippen LogP contribution in [0.4, 0.5) is 19.0 Å². The van der Waals surface area contributed by atoms with Gasteiger partial charge in [0, 0.05) is 48.7 Å². The van der Waals surface area contributed by atoms with Crippen LogP contribution in [0.1, 0.15) is 23.2 Å². The molecule has 8 nitrogen and oxygen atoms in total. The molecule has 36 heavy (non-hydrogen) atoms. The summed E-state index contributed by atoms with van der Waals surface area (Å²) >= 11 is 0. The Balaban J connectivity index is 1.25. The van der Waals surface area contributed by atoms with E-state index in [4.69, 9.17) is 0 Å². The van der Waals surface area contributed by atoms with Gasteiger partial charge in [-0.15, -0.1) is 23.4 Å². The number of hydrogen-bond acceptors (Lipinski definition) is 6. The zero-order valence-corrected chi connectivity index (χ0v) is 19.4. The van der Waals surface area contributed by atoms with Crippen LogP contribution in [0.2, 0.25) is 0 Å². The quantitative estimate of drug-likeness (QED) is 0.443. The average Bonchev–Trinajstić information content (AvgIpc) is 3.29. The van der Waals surface area contributed by atoms with Gasteiger partial charge >= 0.3 is 6.36 Å². The molecule has 11 heteroatoms. The lowest BCUT2D eigenvalue weighted by Crippen LogP contribution is -2.45. The normalized spacial score (nSPS) is 14.7. The molecule has 2 aromatic carbocycles.